The SMILES string of the molecule is [2H]C(C)(C)c1cc(-c2ccccc2C)[n+](C)cc1C([2H])(C)C([2H])([2H])[2H].[2H]C([2H])(C)c1c[n+](C)c(-c2ccccc2C)cc1C([2H])(C)C([2H])([2H])[2H].[2H]C([2H])(C)c1cc(-c2ccccc2C)[n+](C)cc1C([2H])(C)C([2H])([2H])[2H].[2H]C([2H])([2H])C([2H])(C)c1cc(-c2ccccc2C)[n+](C)cc1CC.[2H]C([2H])([2H])C([2H])(C)c1cc(C)c(-c2ccccc2C)[n+](C)c1. The molecule has 0 aliphatic carbocycles. The molecule has 10 aromatic rings. The molecule has 5 nitrogen and oxygen atoms in total. The summed E-state index contributed by atoms with van der Waals surface area (Å²) in [5, 5.41) is 0. The average Bonchev–Trinajstić information content (AvgIpc) is 0.756. The van der Waals surface area contributed by atoms with Crippen LogP contribution in [-0.4, -0.2) is 0 Å². The van der Waals surface area contributed by atoms with E-state index in [0.29, 0.717) is 28.7 Å². The molecule has 5 atom stereocenters. The van der Waals surface area contributed by atoms with Crippen LogP contribution in [0.2, 0.25) is 0 Å². The van der Waals surface area contributed by atoms with Crippen LogP contribution >= 0.6 is 0 Å². The maximum Gasteiger partial charge on any atom is 0.215 e. The lowest BCUT2D eigenvalue weighted by molar-refractivity contribution is -0.661. The van der Waals surface area contributed by atoms with Gasteiger partial charge in [-0.15, -0.1) is 0 Å². The van der Waals surface area contributed by atoms with Gasteiger partial charge >= 0.3 is 0 Å². The summed E-state index contributed by atoms with van der Waals surface area (Å²) in [4.78, 5) is 0. The molecule has 0 aliphatic rings. The topological polar surface area (TPSA) is 19.4 Å². The van der Waals surface area contributed by atoms with Crippen molar-refractivity contribution >= 4 is 0 Å². The van der Waals surface area contributed by atoms with Crippen LogP contribution in [0.5, 0.6) is 0 Å². The molecule has 0 radical (unpaired) electrons. The minimum Gasteiger partial charge on any atom is -0.201 e. The van der Waals surface area contributed by atoms with Crippen molar-refractivity contribution in [3.05, 3.63) is 266 Å². The van der Waals surface area contributed by atoms with Crippen LogP contribution < -0.4 is 22.8 Å². The third kappa shape index (κ3) is 19.3. The molecule has 5 aromatic carbocycles. The Hall–Kier alpha value is -8.15. The number of hydrogen-bond donors (Lipinski definition) is 0. The maximum absolute atomic E-state index is 8.51. The van der Waals surface area contributed by atoms with Gasteiger partial charge in [0.2, 0.25) is 28.5 Å². The highest BCUT2D eigenvalue weighted by Gasteiger charge is 2.24. The first-order valence-electron chi connectivity index (χ1n) is 44.9. The molecule has 0 spiro atoms. The monoisotopic (exact) mass is 1300 g/mol. The summed E-state index contributed by atoms with van der Waals surface area (Å²) in [6.07, 6.45) is 5.77. The summed E-state index contributed by atoms with van der Waals surface area (Å²) in [7, 11) is 9.30. The van der Waals surface area contributed by atoms with Crippen LogP contribution in [0.4, 0.5) is 0 Å². The van der Waals surface area contributed by atoms with E-state index < -0.39 is 82.4 Å². The molecule has 5 heterocycles. The van der Waals surface area contributed by atoms with Crippen molar-refractivity contribution < 1.29 is 57.1 Å². The second-order valence-corrected chi connectivity index (χ2v) is 24.9. The Kier molecular flexibility index (Phi) is 17.3. The van der Waals surface area contributed by atoms with E-state index in [-0.39, 0.29) is 22.3 Å². The van der Waals surface area contributed by atoms with Crippen molar-refractivity contribution in [2.45, 2.75) is 200 Å². The molecule has 5 heteroatoms. The number of hydrogen-bond acceptors (Lipinski definition) is 0. The van der Waals surface area contributed by atoms with E-state index in [1.165, 1.54) is 54.0 Å². The predicted molar refractivity (Wildman–Crippen MR) is 406 cm³/mol. The lowest BCUT2D eigenvalue weighted by Crippen LogP contribution is -2.32. The van der Waals surface area contributed by atoms with E-state index >= 15 is 0 Å². The van der Waals surface area contributed by atoms with Crippen molar-refractivity contribution in [2.75, 3.05) is 0 Å². The first-order chi connectivity index (χ1) is 54.4. The standard InChI is InChI=1S/C19H26N.3C18H24N.C17H22N/c1-13(2)17-11-19(16-10-8-7-9-15(16)5)20(6)12-18(17)14(3)4;2*1-6-15-12-19(5)18(11-17(15)13(2)3)16-10-8-7-9-14(16)4;1-6-15-11-18(16-10-8-7-9-14(16)4)19(5)12-17(15)13(2)3;1-12(2)15-10-14(4)17(18(5)11-15)16-9-7-6-8-13(16)3/h7-14H,1-6H3;3*7-13H,6H2,1-5H3;6-12H,1-5H3/q5*+1/i3D3,13D,14D;2D3,6D2,13D;2D3,13D;2D3,6D2,13D;1D3,12D. The van der Waals surface area contributed by atoms with Crippen LogP contribution in [0.25, 0.3) is 56.3 Å². The van der Waals surface area contributed by atoms with E-state index in [2.05, 4.69) is 19.1 Å². The quantitative estimate of drug-likeness (QED) is 0.0967. The van der Waals surface area contributed by atoms with Gasteiger partial charge in [0.25, 0.3) is 0 Å². The highest BCUT2D eigenvalue weighted by atomic mass is 14.9. The van der Waals surface area contributed by atoms with Crippen molar-refractivity contribution in [3.63, 3.8) is 0 Å². The Morgan fingerprint density at radius 1 is 0.316 bits per heavy atom. The second-order valence-electron chi connectivity index (χ2n) is 24.9. The third-order valence-corrected chi connectivity index (χ3v) is 17.2. The Balaban J connectivity index is 0.000000233. The molecular formula is C90H120N5+5. The molecule has 95 heavy (non-hydrogen) atoms. The van der Waals surface area contributed by atoms with Crippen molar-refractivity contribution in [3.8, 4) is 56.3 Å². The van der Waals surface area contributed by atoms with Gasteiger partial charge < -0.3 is 0 Å². The Bertz CT molecular complexity index is 5140. The normalized spacial score (nSPS) is 19.1. The van der Waals surface area contributed by atoms with Crippen molar-refractivity contribution in [1.82, 2.24) is 0 Å². The average molecular weight is 1300 g/mol. The van der Waals surface area contributed by atoms with Gasteiger partial charge in [-0.3, -0.25) is 0 Å². The fourth-order valence-electron chi connectivity index (χ4n) is 11.9. The number of nitrogens with zero attached hydrogens (tertiary/aromatic N) is 5. The third-order valence-electron chi connectivity index (χ3n) is 17.2. The van der Waals surface area contributed by atoms with E-state index in [9.17, 15) is 0 Å². The summed E-state index contributed by atoms with van der Waals surface area (Å²) in [6, 6.07) is 48.5. The van der Waals surface area contributed by atoms with E-state index in [0.717, 1.165) is 89.7 Å². The Morgan fingerprint density at radius 3 is 1.01 bits per heavy atom. The number of pyridine rings is 5. The molecule has 500 valence electrons. The van der Waals surface area contributed by atoms with Gasteiger partial charge in [0.15, 0.2) is 31.0 Å². The van der Waals surface area contributed by atoms with Crippen molar-refractivity contribution in [1.29, 1.82) is 0 Å². The summed E-state index contributed by atoms with van der Waals surface area (Å²) < 4.78 is 208. The molecule has 5 aromatic heterocycles. The molecule has 0 amide bonds. The largest absolute Gasteiger partial charge is 0.215 e. The van der Waals surface area contributed by atoms with E-state index in [1.54, 1.807) is 74.0 Å². The molecule has 0 aliphatic heterocycles. The van der Waals surface area contributed by atoms with E-state index in [4.69, 9.17) is 34.3 Å². The van der Waals surface area contributed by atoms with Crippen LogP contribution in [-0.2, 0) is 54.4 Å². The number of aromatic nitrogens is 5. The summed E-state index contributed by atoms with van der Waals surface area (Å²) in [5.41, 5.74) is 19.7. The van der Waals surface area contributed by atoms with Gasteiger partial charge in [0, 0.05) is 120 Å². The van der Waals surface area contributed by atoms with Crippen LogP contribution in [0.3, 0.4) is 0 Å². The molecule has 0 fully saturated rings. The first-order valence-corrected chi connectivity index (χ1v) is 32.4. The van der Waals surface area contributed by atoms with Gasteiger partial charge in [0.1, 0.15) is 35.2 Å². The summed E-state index contributed by atoms with van der Waals surface area (Å²) in [5.74, 6) is -9.90. The fourth-order valence-corrected chi connectivity index (χ4v) is 11.9. The van der Waals surface area contributed by atoms with Gasteiger partial charge in [-0.05, 0) is 183 Å². The van der Waals surface area contributed by atoms with Gasteiger partial charge in [-0.2, -0.15) is 0 Å². The first kappa shape index (κ1) is 46.9. The summed E-state index contributed by atoms with van der Waals surface area (Å²) >= 11 is 0. The smallest absolute Gasteiger partial charge is 0.201 e. The summed E-state index contributed by atoms with van der Waals surface area (Å²) in [6.45, 7) is 14.8. The Morgan fingerprint density at radius 2 is 0.642 bits per heavy atom. The molecule has 10 rings (SSSR count). The minimum atomic E-state index is -2.57. The molecule has 0 bridgehead atoms. The van der Waals surface area contributed by atoms with Crippen LogP contribution in [0.15, 0.2) is 183 Å². The van der Waals surface area contributed by atoms with Crippen LogP contribution in [0, 0.1) is 41.5 Å². The zero-order valence-electron chi connectivity index (χ0n) is 85.3. The highest BCUT2D eigenvalue weighted by molar-refractivity contribution is 5.66. The number of benzene rings is 5. The van der Waals surface area contributed by atoms with Crippen molar-refractivity contribution in [2.24, 2.45) is 35.2 Å². The lowest BCUT2D eigenvalue weighted by Gasteiger charge is -2.16. The molecule has 5 unspecified atom stereocenters. The molecular weight excluding hydrogens is 1150 g/mol. The van der Waals surface area contributed by atoms with E-state index in [1.807, 2.05) is 210 Å². The molecule has 0 saturated heterocycles. The number of rotatable bonds is 14. The van der Waals surface area contributed by atoms with Crippen LogP contribution in [0.1, 0.15) is 257 Å². The number of aryl methyl sites for hydroxylation is 14. The van der Waals surface area contributed by atoms with Gasteiger partial charge in [-0.1, -0.05) is 194 Å². The zero-order valence-corrected chi connectivity index (χ0v) is 60.3. The van der Waals surface area contributed by atoms with Gasteiger partial charge in [-0.25, -0.2) is 22.8 Å². The Labute approximate surface area is 612 Å². The maximum atomic E-state index is 8.51. The fraction of sp³-hybridized carbons (Fsp3) is 0.389. The minimum absolute atomic E-state index is 0.180. The molecule has 0 saturated carbocycles. The second kappa shape index (κ2) is 35.0. The highest BCUT2D eigenvalue weighted by Crippen LogP contribution is 2.33. The lowest BCUT2D eigenvalue weighted by atomic mass is 9.90. The van der Waals surface area contributed by atoms with Gasteiger partial charge in [0.05, 0.1) is 0 Å². The molecule has 0 N–H and O–H groups in total. The predicted octanol–water partition coefficient (Wildman–Crippen LogP) is 21.2. The zero-order chi connectivity index (χ0) is 91.7.